The minimum Gasteiger partial charge on any atom is -0.295 e. The summed E-state index contributed by atoms with van der Waals surface area (Å²) in [6, 6.07) is 11.5. The molecule has 0 N–H and O–H groups in total. The highest BCUT2D eigenvalue weighted by atomic mass is 79.9. The van der Waals surface area contributed by atoms with Gasteiger partial charge in [-0.1, -0.05) is 60.1 Å². The molecule has 1 aliphatic rings. The van der Waals surface area contributed by atoms with Crippen LogP contribution in [0.3, 0.4) is 0 Å². The molecule has 1 aliphatic heterocycles. The lowest BCUT2D eigenvalue weighted by atomic mass is 10.0. The SMILES string of the molecule is CC(C)[C@H]1C[C@H](Br)CN1Cc1ccccc1. The number of hydrogen-bond acceptors (Lipinski definition) is 1. The van der Waals surface area contributed by atoms with Crippen molar-refractivity contribution in [3.05, 3.63) is 35.9 Å². The Kier molecular flexibility index (Phi) is 4.04. The average Bonchev–Trinajstić information content (AvgIpc) is 2.61. The number of benzene rings is 1. The molecule has 1 nitrogen and oxygen atoms in total. The van der Waals surface area contributed by atoms with Gasteiger partial charge in [0.1, 0.15) is 0 Å². The molecule has 88 valence electrons. The van der Waals surface area contributed by atoms with Crippen molar-refractivity contribution >= 4 is 15.9 Å². The molecule has 2 heteroatoms. The fourth-order valence-electron chi connectivity index (χ4n) is 2.57. The standard InChI is InChI=1S/C14H20BrN/c1-11(2)14-8-13(15)10-16(14)9-12-6-4-3-5-7-12/h3-7,11,13-14H,8-10H2,1-2H3/t13-,14+/m0/s1. The monoisotopic (exact) mass is 281 g/mol. The summed E-state index contributed by atoms with van der Waals surface area (Å²) in [5.41, 5.74) is 1.43. The van der Waals surface area contributed by atoms with Crippen LogP contribution in [0.2, 0.25) is 0 Å². The highest BCUT2D eigenvalue weighted by Crippen LogP contribution is 2.29. The molecule has 2 atom stereocenters. The summed E-state index contributed by atoms with van der Waals surface area (Å²) in [6.07, 6.45) is 1.28. The summed E-state index contributed by atoms with van der Waals surface area (Å²) in [7, 11) is 0. The molecule has 0 amide bonds. The van der Waals surface area contributed by atoms with E-state index in [-0.39, 0.29) is 0 Å². The maximum Gasteiger partial charge on any atom is 0.0288 e. The smallest absolute Gasteiger partial charge is 0.0288 e. The van der Waals surface area contributed by atoms with Gasteiger partial charge < -0.3 is 0 Å². The van der Waals surface area contributed by atoms with Crippen molar-refractivity contribution < 1.29 is 0 Å². The van der Waals surface area contributed by atoms with E-state index in [0.29, 0.717) is 4.83 Å². The van der Waals surface area contributed by atoms with Crippen LogP contribution in [-0.2, 0) is 6.54 Å². The van der Waals surface area contributed by atoms with Crippen molar-refractivity contribution in [1.29, 1.82) is 0 Å². The van der Waals surface area contributed by atoms with Crippen LogP contribution >= 0.6 is 15.9 Å². The largest absolute Gasteiger partial charge is 0.295 e. The number of hydrogen-bond donors (Lipinski definition) is 0. The lowest BCUT2D eigenvalue weighted by Crippen LogP contribution is -2.32. The van der Waals surface area contributed by atoms with Crippen molar-refractivity contribution in [3.63, 3.8) is 0 Å². The Bertz CT molecular complexity index is 323. The summed E-state index contributed by atoms with van der Waals surface area (Å²) >= 11 is 3.76. The van der Waals surface area contributed by atoms with Gasteiger partial charge in [0, 0.05) is 24.0 Å². The molecular weight excluding hydrogens is 262 g/mol. The third kappa shape index (κ3) is 2.86. The summed E-state index contributed by atoms with van der Waals surface area (Å²) in [4.78, 5) is 3.28. The lowest BCUT2D eigenvalue weighted by molar-refractivity contribution is 0.199. The van der Waals surface area contributed by atoms with Crippen molar-refractivity contribution in [2.45, 2.75) is 37.7 Å². The van der Waals surface area contributed by atoms with Crippen LogP contribution in [0.5, 0.6) is 0 Å². The van der Waals surface area contributed by atoms with Gasteiger partial charge in [0.05, 0.1) is 0 Å². The molecule has 0 bridgehead atoms. The van der Waals surface area contributed by atoms with Crippen molar-refractivity contribution in [2.75, 3.05) is 6.54 Å². The van der Waals surface area contributed by atoms with Crippen LogP contribution in [-0.4, -0.2) is 22.3 Å². The molecule has 1 aromatic carbocycles. The van der Waals surface area contributed by atoms with Crippen molar-refractivity contribution in [1.82, 2.24) is 4.90 Å². The van der Waals surface area contributed by atoms with Crippen LogP contribution in [0.1, 0.15) is 25.8 Å². The van der Waals surface area contributed by atoms with E-state index >= 15 is 0 Å². The first kappa shape index (κ1) is 12.1. The molecule has 1 aromatic rings. The molecule has 16 heavy (non-hydrogen) atoms. The molecular formula is C14H20BrN. The van der Waals surface area contributed by atoms with E-state index in [9.17, 15) is 0 Å². The maximum atomic E-state index is 3.76. The lowest BCUT2D eigenvalue weighted by Gasteiger charge is -2.27. The Morgan fingerprint density at radius 3 is 2.62 bits per heavy atom. The van der Waals surface area contributed by atoms with Crippen LogP contribution in [0, 0.1) is 5.92 Å². The zero-order valence-corrected chi connectivity index (χ0v) is 11.7. The summed E-state index contributed by atoms with van der Waals surface area (Å²) in [5.74, 6) is 0.742. The second-order valence-corrected chi connectivity index (χ2v) is 6.35. The zero-order chi connectivity index (χ0) is 11.5. The van der Waals surface area contributed by atoms with Gasteiger partial charge in [0.25, 0.3) is 0 Å². The van der Waals surface area contributed by atoms with Crippen molar-refractivity contribution in [3.8, 4) is 0 Å². The molecule has 0 saturated carbocycles. The van der Waals surface area contributed by atoms with E-state index in [2.05, 4.69) is 65.0 Å². The minimum atomic E-state index is 0.670. The third-order valence-electron chi connectivity index (χ3n) is 3.40. The van der Waals surface area contributed by atoms with E-state index < -0.39 is 0 Å². The fraction of sp³-hybridized carbons (Fsp3) is 0.571. The Labute approximate surface area is 107 Å². The fourth-order valence-corrected chi connectivity index (χ4v) is 3.32. The predicted octanol–water partition coefficient (Wildman–Crippen LogP) is 3.68. The quantitative estimate of drug-likeness (QED) is 0.764. The van der Waals surface area contributed by atoms with Gasteiger partial charge in [0.2, 0.25) is 0 Å². The Balaban J connectivity index is 2.03. The third-order valence-corrected chi connectivity index (χ3v) is 4.06. The molecule has 0 spiro atoms. The van der Waals surface area contributed by atoms with E-state index in [4.69, 9.17) is 0 Å². The molecule has 0 radical (unpaired) electrons. The molecule has 2 rings (SSSR count). The first-order valence-electron chi connectivity index (χ1n) is 6.09. The number of nitrogens with zero attached hydrogens (tertiary/aromatic N) is 1. The summed E-state index contributed by atoms with van der Waals surface area (Å²) < 4.78 is 0. The maximum absolute atomic E-state index is 3.76. The van der Waals surface area contributed by atoms with Gasteiger partial charge in [-0.15, -0.1) is 0 Å². The highest BCUT2D eigenvalue weighted by molar-refractivity contribution is 9.09. The molecule has 0 aliphatic carbocycles. The van der Waals surface area contributed by atoms with Crippen LogP contribution in [0.25, 0.3) is 0 Å². The minimum absolute atomic E-state index is 0.670. The van der Waals surface area contributed by atoms with Gasteiger partial charge in [-0.3, -0.25) is 4.90 Å². The molecule has 1 fully saturated rings. The number of alkyl halides is 1. The number of halogens is 1. The van der Waals surface area contributed by atoms with E-state index in [0.717, 1.165) is 18.5 Å². The second kappa shape index (κ2) is 5.33. The summed E-state index contributed by atoms with van der Waals surface area (Å²) in [6.45, 7) is 6.92. The predicted molar refractivity (Wildman–Crippen MR) is 72.8 cm³/mol. The Morgan fingerprint density at radius 2 is 2.00 bits per heavy atom. The highest BCUT2D eigenvalue weighted by Gasteiger charge is 2.32. The van der Waals surface area contributed by atoms with Crippen LogP contribution in [0.4, 0.5) is 0 Å². The van der Waals surface area contributed by atoms with Crippen LogP contribution < -0.4 is 0 Å². The zero-order valence-electron chi connectivity index (χ0n) is 10.1. The van der Waals surface area contributed by atoms with Gasteiger partial charge in [-0.05, 0) is 17.9 Å². The van der Waals surface area contributed by atoms with E-state index in [1.165, 1.54) is 18.5 Å². The molecule has 1 saturated heterocycles. The average molecular weight is 282 g/mol. The second-order valence-electron chi connectivity index (χ2n) is 5.06. The molecule has 0 unspecified atom stereocenters. The van der Waals surface area contributed by atoms with Gasteiger partial charge in [0.15, 0.2) is 0 Å². The first-order valence-corrected chi connectivity index (χ1v) is 7.00. The number of likely N-dealkylation sites (tertiary alicyclic amines) is 1. The van der Waals surface area contributed by atoms with E-state index in [1.54, 1.807) is 0 Å². The topological polar surface area (TPSA) is 3.24 Å². The summed E-state index contributed by atoms with van der Waals surface area (Å²) in [5, 5.41) is 0. The number of rotatable bonds is 3. The first-order chi connectivity index (χ1) is 7.66. The molecule has 1 heterocycles. The normalized spacial score (nSPS) is 26.5. The van der Waals surface area contributed by atoms with Gasteiger partial charge >= 0.3 is 0 Å². The van der Waals surface area contributed by atoms with Gasteiger partial charge in [-0.25, -0.2) is 0 Å². The van der Waals surface area contributed by atoms with Crippen molar-refractivity contribution in [2.24, 2.45) is 5.92 Å². The van der Waals surface area contributed by atoms with Gasteiger partial charge in [-0.2, -0.15) is 0 Å². The molecule has 0 aromatic heterocycles. The Hall–Kier alpha value is -0.340. The Morgan fingerprint density at radius 1 is 1.31 bits per heavy atom. The van der Waals surface area contributed by atoms with E-state index in [1.807, 2.05) is 0 Å². The van der Waals surface area contributed by atoms with Crippen LogP contribution in [0.15, 0.2) is 30.3 Å².